The van der Waals surface area contributed by atoms with Crippen molar-refractivity contribution in [3.63, 3.8) is 0 Å². The first-order chi connectivity index (χ1) is 14.2. The van der Waals surface area contributed by atoms with Crippen molar-refractivity contribution < 1.29 is 18.0 Å². The number of anilines is 3. The maximum absolute atomic E-state index is 12.7. The van der Waals surface area contributed by atoms with Crippen LogP contribution in [-0.4, -0.2) is 20.2 Å². The molecule has 0 atom stereocenters. The zero-order chi connectivity index (χ0) is 21.7. The summed E-state index contributed by atoms with van der Waals surface area (Å²) in [6.45, 7) is 3.12. The van der Waals surface area contributed by atoms with E-state index in [1.165, 1.54) is 19.1 Å². The Labute approximate surface area is 175 Å². The van der Waals surface area contributed by atoms with Crippen molar-refractivity contribution in [3.05, 3.63) is 83.9 Å². The fraction of sp³-hybridized carbons (Fsp3) is 0.0909. The smallest absolute Gasteiger partial charge is 0.261 e. The lowest BCUT2D eigenvalue weighted by molar-refractivity contribution is -0.114. The normalized spacial score (nSPS) is 10.9. The molecule has 7 nitrogen and oxygen atoms in total. The second-order valence-corrected chi connectivity index (χ2v) is 8.34. The lowest BCUT2D eigenvalue weighted by Crippen LogP contribution is -2.15. The van der Waals surface area contributed by atoms with Crippen molar-refractivity contribution >= 4 is 38.9 Å². The van der Waals surface area contributed by atoms with Gasteiger partial charge in [-0.2, -0.15) is 0 Å². The van der Waals surface area contributed by atoms with Crippen LogP contribution >= 0.6 is 0 Å². The summed E-state index contributed by atoms with van der Waals surface area (Å²) in [5.74, 6) is -0.482. The molecule has 8 heteroatoms. The topological polar surface area (TPSA) is 104 Å². The summed E-state index contributed by atoms with van der Waals surface area (Å²) in [6, 6.07) is 19.6. The fourth-order valence-corrected chi connectivity index (χ4v) is 3.91. The van der Waals surface area contributed by atoms with Gasteiger partial charge in [0.1, 0.15) is 0 Å². The van der Waals surface area contributed by atoms with E-state index in [2.05, 4.69) is 15.4 Å². The molecule has 0 heterocycles. The first-order valence-electron chi connectivity index (χ1n) is 9.12. The lowest BCUT2D eigenvalue weighted by atomic mass is 10.1. The third-order valence-electron chi connectivity index (χ3n) is 4.25. The molecule has 154 valence electrons. The molecule has 0 bridgehead atoms. The summed E-state index contributed by atoms with van der Waals surface area (Å²) in [4.78, 5) is 23.5. The summed E-state index contributed by atoms with van der Waals surface area (Å²) in [6.07, 6.45) is 0. The van der Waals surface area contributed by atoms with Gasteiger partial charge in [-0.05, 0) is 67.1 Å². The van der Waals surface area contributed by atoms with Gasteiger partial charge >= 0.3 is 0 Å². The molecule has 3 N–H and O–H groups in total. The molecule has 0 aliphatic heterocycles. The molecule has 3 aromatic rings. The first-order valence-corrected chi connectivity index (χ1v) is 10.6. The molecule has 0 unspecified atom stereocenters. The van der Waals surface area contributed by atoms with Crippen LogP contribution in [-0.2, 0) is 14.8 Å². The SMILES string of the molecule is CC(=O)Nc1ccc(NS(=O)(=O)c2ccc(NC(=O)c3ccccc3)c(C)c2)cc1. The van der Waals surface area contributed by atoms with E-state index in [-0.39, 0.29) is 16.7 Å². The molecular formula is C22H21N3O4S. The standard InChI is InChI=1S/C22H21N3O4S/c1-15-14-20(12-13-21(15)24-22(27)17-6-4-3-5-7-17)30(28,29)25-19-10-8-18(9-11-19)23-16(2)26/h3-14,25H,1-2H3,(H,23,26)(H,24,27). The number of sulfonamides is 1. The highest BCUT2D eigenvalue weighted by molar-refractivity contribution is 7.92. The van der Waals surface area contributed by atoms with Crippen LogP contribution in [0, 0.1) is 6.92 Å². The lowest BCUT2D eigenvalue weighted by Gasteiger charge is -2.12. The van der Waals surface area contributed by atoms with Crippen LogP contribution in [0.15, 0.2) is 77.7 Å². The van der Waals surface area contributed by atoms with Crippen LogP contribution < -0.4 is 15.4 Å². The maximum atomic E-state index is 12.7. The molecule has 0 aromatic heterocycles. The van der Waals surface area contributed by atoms with Crippen LogP contribution in [0.2, 0.25) is 0 Å². The Hall–Kier alpha value is -3.65. The largest absolute Gasteiger partial charge is 0.326 e. The van der Waals surface area contributed by atoms with Gasteiger partial charge < -0.3 is 10.6 Å². The van der Waals surface area contributed by atoms with E-state index in [0.29, 0.717) is 28.2 Å². The third kappa shape index (κ3) is 5.24. The van der Waals surface area contributed by atoms with E-state index in [1.807, 2.05) is 6.07 Å². The van der Waals surface area contributed by atoms with E-state index in [0.717, 1.165) is 0 Å². The zero-order valence-corrected chi connectivity index (χ0v) is 17.3. The molecule has 2 amide bonds. The number of carbonyl (C=O) groups is 2. The molecule has 0 aliphatic carbocycles. The number of amides is 2. The van der Waals surface area contributed by atoms with E-state index < -0.39 is 10.0 Å². The zero-order valence-electron chi connectivity index (χ0n) is 16.5. The van der Waals surface area contributed by atoms with Gasteiger partial charge in [-0.25, -0.2) is 8.42 Å². The Morgan fingerprint density at radius 2 is 1.43 bits per heavy atom. The number of nitrogens with one attached hydrogen (secondary N) is 3. The maximum Gasteiger partial charge on any atom is 0.261 e. The minimum Gasteiger partial charge on any atom is -0.326 e. The summed E-state index contributed by atoms with van der Waals surface area (Å²) in [5, 5.41) is 5.40. The van der Waals surface area contributed by atoms with Gasteiger partial charge in [0.15, 0.2) is 0 Å². The minimum absolute atomic E-state index is 0.0728. The fourth-order valence-electron chi connectivity index (χ4n) is 2.77. The van der Waals surface area contributed by atoms with Crippen molar-refractivity contribution in [2.75, 3.05) is 15.4 Å². The Bertz CT molecular complexity index is 1170. The second-order valence-electron chi connectivity index (χ2n) is 6.66. The van der Waals surface area contributed by atoms with Crippen molar-refractivity contribution in [1.29, 1.82) is 0 Å². The van der Waals surface area contributed by atoms with Gasteiger partial charge in [0, 0.05) is 29.5 Å². The second kappa shape index (κ2) is 8.79. The number of hydrogen-bond acceptors (Lipinski definition) is 4. The third-order valence-corrected chi connectivity index (χ3v) is 5.63. The van der Waals surface area contributed by atoms with Gasteiger partial charge in [0.25, 0.3) is 15.9 Å². The first kappa shape index (κ1) is 21.1. The highest BCUT2D eigenvalue weighted by Crippen LogP contribution is 2.23. The molecule has 0 radical (unpaired) electrons. The Morgan fingerprint density at radius 3 is 2.03 bits per heavy atom. The van der Waals surface area contributed by atoms with Crippen LogP contribution in [0.4, 0.5) is 17.1 Å². The molecule has 30 heavy (non-hydrogen) atoms. The Kier molecular flexibility index (Phi) is 6.17. The molecule has 0 aliphatic rings. The summed E-state index contributed by atoms with van der Waals surface area (Å²) >= 11 is 0. The number of rotatable bonds is 6. The predicted molar refractivity (Wildman–Crippen MR) is 117 cm³/mol. The molecule has 0 spiro atoms. The minimum atomic E-state index is -3.82. The number of benzene rings is 3. The molecule has 3 rings (SSSR count). The molecular weight excluding hydrogens is 402 g/mol. The molecule has 3 aromatic carbocycles. The van der Waals surface area contributed by atoms with Gasteiger partial charge in [0.05, 0.1) is 4.90 Å². The monoisotopic (exact) mass is 423 g/mol. The van der Waals surface area contributed by atoms with Crippen molar-refractivity contribution in [3.8, 4) is 0 Å². The summed E-state index contributed by atoms with van der Waals surface area (Å²) in [7, 11) is -3.82. The summed E-state index contributed by atoms with van der Waals surface area (Å²) in [5.41, 5.74) is 2.59. The van der Waals surface area contributed by atoms with Gasteiger partial charge in [-0.1, -0.05) is 18.2 Å². The van der Waals surface area contributed by atoms with Crippen LogP contribution in [0.1, 0.15) is 22.8 Å². The molecule has 0 saturated carbocycles. The van der Waals surface area contributed by atoms with Crippen molar-refractivity contribution in [2.45, 2.75) is 18.7 Å². The quantitative estimate of drug-likeness (QED) is 0.557. The Balaban J connectivity index is 1.74. The van der Waals surface area contributed by atoms with Crippen molar-refractivity contribution in [2.24, 2.45) is 0 Å². The molecule has 0 fully saturated rings. The van der Waals surface area contributed by atoms with E-state index in [4.69, 9.17) is 0 Å². The van der Waals surface area contributed by atoms with E-state index in [9.17, 15) is 18.0 Å². The highest BCUT2D eigenvalue weighted by atomic mass is 32.2. The average molecular weight is 423 g/mol. The number of aryl methyl sites for hydroxylation is 1. The summed E-state index contributed by atoms with van der Waals surface area (Å²) < 4.78 is 27.9. The highest BCUT2D eigenvalue weighted by Gasteiger charge is 2.16. The van der Waals surface area contributed by atoms with Gasteiger partial charge in [-0.3, -0.25) is 14.3 Å². The number of hydrogen-bond donors (Lipinski definition) is 3. The van der Waals surface area contributed by atoms with E-state index >= 15 is 0 Å². The van der Waals surface area contributed by atoms with Crippen LogP contribution in [0.25, 0.3) is 0 Å². The number of carbonyl (C=O) groups excluding carboxylic acids is 2. The Morgan fingerprint density at radius 1 is 0.800 bits per heavy atom. The van der Waals surface area contributed by atoms with Crippen LogP contribution in [0.5, 0.6) is 0 Å². The van der Waals surface area contributed by atoms with Crippen LogP contribution in [0.3, 0.4) is 0 Å². The van der Waals surface area contributed by atoms with Gasteiger partial charge in [-0.15, -0.1) is 0 Å². The van der Waals surface area contributed by atoms with E-state index in [1.54, 1.807) is 61.5 Å². The van der Waals surface area contributed by atoms with Crippen molar-refractivity contribution in [1.82, 2.24) is 0 Å². The molecule has 0 saturated heterocycles. The van der Waals surface area contributed by atoms with Gasteiger partial charge in [0.2, 0.25) is 5.91 Å². The predicted octanol–water partition coefficient (Wildman–Crippen LogP) is 4.01. The average Bonchev–Trinajstić information content (AvgIpc) is 2.71.